The van der Waals surface area contributed by atoms with Gasteiger partial charge in [-0.2, -0.15) is 0 Å². The third kappa shape index (κ3) is 42.1. The summed E-state index contributed by atoms with van der Waals surface area (Å²) < 4.78 is 17.1. The summed E-state index contributed by atoms with van der Waals surface area (Å²) >= 11 is 0. The molecule has 0 amide bonds. The second-order valence-electron chi connectivity index (χ2n) is 14.6. The Morgan fingerprint density at radius 1 is 0.426 bits per heavy atom. The molecule has 0 rings (SSSR count). The SMILES string of the molecule is CC/C=C\C/C=C\C/C=C\C/C=C\CCCOCC(COC(=O)CCCCCCCCCCC/C=C\C/C=C\CCCCC)OC(=O)CCCCCCC. The molecule has 1 unspecified atom stereocenters. The van der Waals surface area contributed by atoms with Gasteiger partial charge in [0.2, 0.25) is 0 Å². The van der Waals surface area contributed by atoms with Crippen molar-refractivity contribution in [2.24, 2.45) is 0 Å². The van der Waals surface area contributed by atoms with Crippen molar-refractivity contribution in [1.29, 1.82) is 0 Å². The molecule has 310 valence electrons. The van der Waals surface area contributed by atoms with Crippen LogP contribution >= 0.6 is 0 Å². The van der Waals surface area contributed by atoms with E-state index in [9.17, 15) is 9.59 Å². The van der Waals surface area contributed by atoms with Gasteiger partial charge in [0.15, 0.2) is 6.10 Å². The maximum absolute atomic E-state index is 12.5. The molecule has 0 N–H and O–H groups in total. The highest BCUT2D eigenvalue weighted by molar-refractivity contribution is 5.70. The van der Waals surface area contributed by atoms with Crippen molar-refractivity contribution in [3.05, 3.63) is 72.9 Å². The van der Waals surface area contributed by atoms with Crippen LogP contribution in [0.5, 0.6) is 0 Å². The molecule has 0 saturated carbocycles. The van der Waals surface area contributed by atoms with Gasteiger partial charge >= 0.3 is 11.9 Å². The highest BCUT2D eigenvalue weighted by Crippen LogP contribution is 2.13. The number of carbonyl (C=O) groups is 2. The topological polar surface area (TPSA) is 61.8 Å². The van der Waals surface area contributed by atoms with Gasteiger partial charge in [0.05, 0.1) is 6.61 Å². The number of unbranched alkanes of at least 4 members (excludes halogenated alkanes) is 17. The zero-order valence-corrected chi connectivity index (χ0v) is 35.5. The summed E-state index contributed by atoms with van der Waals surface area (Å²) in [6.45, 7) is 7.47. The number of hydrogen-bond donors (Lipinski definition) is 0. The van der Waals surface area contributed by atoms with Crippen LogP contribution in [0.3, 0.4) is 0 Å². The predicted octanol–water partition coefficient (Wildman–Crippen LogP) is 14.8. The van der Waals surface area contributed by atoms with Crippen LogP contribution in [-0.4, -0.2) is 37.9 Å². The van der Waals surface area contributed by atoms with E-state index in [1.165, 1.54) is 83.5 Å². The lowest BCUT2D eigenvalue weighted by atomic mass is 10.1. The van der Waals surface area contributed by atoms with Gasteiger partial charge in [-0.15, -0.1) is 0 Å². The number of ether oxygens (including phenoxy) is 3. The second kappa shape index (κ2) is 44.7. The molecule has 0 aromatic rings. The van der Waals surface area contributed by atoms with E-state index in [4.69, 9.17) is 14.2 Å². The molecular weight excluding hydrogens is 669 g/mol. The maximum Gasteiger partial charge on any atom is 0.306 e. The van der Waals surface area contributed by atoms with Crippen molar-refractivity contribution >= 4 is 11.9 Å². The lowest BCUT2D eigenvalue weighted by Crippen LogP contribution is -2.30. The predicted molar refractivity (Wildman–Crippen MR) is 233 cm³/mol. The van der Waals surface area contributed by atoms with Crippen LogP contribution in [0.1, 0.15) is 201 Å². The van der Waals surface area contributed by atoms with Crippen LogP contribution in [-0.2, 0) is 23.8 Å². The first-order valence-corrected chi connectivity index (χ1v) is 22.5. The third-order valence-corrected chi connectivity index (χ3v) is 9.23. The van der Waals surface area contributed by atoms with Crippen molar-refractivity contribution < 1.29 is 23.8 Å². The minimum atomic E-state index is -0.562. The van der Waals surface area contributed by atoms with E-state index in [1.54, 1.807) is 0 Å². The molecule has 0 fully saturated rings. The summed E-state index contributed by atoms with van der Waals surface area (Å²) in [4.78, 5) is 25.0. The average Bonchev–Trinajstić information content (AvgIpc) is 3.17. The summed E-state index contributed by atoms with van der Waals surface area (Å²) in [5.74, 6) is -0.448. The third-order valence-electron chi connectivity index (χ3n) is 9.23. The Labute approximate surface area is 334 Å². The Morgan fingerprint density at radius 3 is 1.37 bits per heavy atom. The zero-order valence-electron chi connectivity index (χ0n) is 35.5. The van der Waals surface area contributed by atoms with Gasteiger partial charge in [0.25, 0.3) is 0 Å². The quantitative estimate of drug-likeness (QED) is 0.0354. The molecular formula is C49H84O5. The normalized spacial score (nSPS) is 12.9. The number of allylic oxidation sites excluding steroid dienone is 12. The average molecular weight is 753 g/mol. The monoisotopic (exact) mass is 753 g/mol. The Hall–Kier alpha value is -2.66. The molecule has 0 aliphatic carbocycles. The van der Waals surface area contributed by atoms with E-state index in [0.29, 0.717) is 19.4 Å². The summed E-state index contributed by atoms with van der Waals surface area (Å²) in [6.07, 6.45) is 56.5. The van der Waals surface area contributed by atoms with E-state index in [2.05, 4.69) is 93.7 Å². The standard InChI is InChI=1S/C49H84O5/c1-4-7-10-13-15-17-19-21-23-24-25-26-27-28-30-32-34-37-39-42-48(50)53-46-47(54-49(51)43-40-36-12-9-6-3)45-52-44-41-38-35-33-31-29-22-20-18-16-14-11-8-5-2/h8,11,15-18,21-23,29,33,35,47H,4-7,9-10,12-14,19-20,24-28,30-32,34,36-46H2,1-3H3/b11-8-,17-15-,18-16-,23-21-,29-22-,35-33-. The van der Waals surface area contributed by atoms with Gasteiger partial charge in [-0.3, -0.25) is 9.59 Å². The van der Waals surface area contributed by atoms with Gasteiger partial charge in [-0.25, -0.2) is 0 Å². The van der Waals surface area contributed by atoms with Crippen LogP contribution in [0.25, 0.3) is 0 Å². The second-order valence-corrected chi connectivity index (χ2v) is 14.6. The minimum Gasteiger partial charge on any atom is -0.462 e. The largest absolute Gasteiger partial charge is 0.462 e. The summed E-state index contributed by atoms with van der Waals surface area (Å²) in [7, 11) is 0. The first kappa shape index (κ1) is 51.3. The number of rotatable bonds is 40. The highest BCUT2D eigenvalue weighted by atomic mass is 16.6. The van der Waals surface area contributed by atoms with Crippen LogP contribution in [0.2, 0.25) is 0 Å². The van der Waals surface area contributed by atoms with Gasteiger partial charge < -0.3 is 14.2 Å². The van der Waals surface area contributed by atoms with Crippen molar-refractivity contribution in [2.45, 2.75) is 207 Å². The summed E-state index contributed by atoms with van der Waals surface area (Å²) in [6, 6.07) is 0. The van der Waals surface area contributed by atoms with Crippen LogP contribution in [0, 0.1) is 0 Å². The maximum atomic E-state index is 12.5. The van der Waals surface area contributed by atoms with Gasteiger partial charge in [0.1, 0.15) is 6.61 Å². The smallest absolute Gasteiger partial charge is 0.306 e. The van der Waals surface area contributed by atoms with Crippen molar-refractivity contribution in [2.75, 3.05) is 19.8 Å². The molecule has 0 aromatic carbocycles. The molecule has 0 aliphatic rings. The molecule has 1 atom stereocenters. The lowest BCUT2D eigenvalue weighted by molar-refractivity contribution is -0.163. The fraction of sp³-hybridized carbons (Fsp3) is 0.714. The van der Waals surface area contributed by atoms with E-state index < -0.39 is 6.10 Å². The summed E-state index contributed by atoms with van der Waals surface area (Å²) in [5, 5.41) is 0. The number of esters is 2. The first-order valence-electron chi connectivity index (χ1n) is 22.5. The van der Waals surface area contributed by atoms with Crippen LogP contribution in [0.15, 0.2) is 72.9 Å². The van der Waals surface area contributed by atoms with Crippen LogP contribution < -0.4 is 0 Å². The van der Waals surface area contributed by atoms with E-state index in [-0.39, 0.29) is 25.2 Å². The molecule has 0 aromatic heterocycles. The Kier molecular flexibility index (Phi) is 42.5. The first-order chi connectivity index (χ1) is 26.6. The molecule has 0 heterocycles. The molecule has 0 radical (unpaired) electrons. The van der Waals surface area contributed by atoms with E-state index >= 15 is 0 Å². The molecule has 0 aliphatic heterocycles. The molecule has 0 spiro atoms. The minimum absolute atomic E-state index is 0.0588. The Morgan fingerprint density at radius 2 is 0.833 bits per heavy atom. The van der Waals surface area contributed by atoms with Crippen LogP contribution in [0.4, 0.5) is 0 Å². The fourth-order valence-corrected chi connectivity index (χ4v) is 5.90. The van der Waals surface area contributed by atoms with Crippen molar-refractivity contribution in [3.63, 3.8) is 0 Å². The summed E-state index contributed by atoms with van der Waals surface area (Å²) in [5.41, 5.74) is 0. The number of hydrogen-bond acceptors (Lipinski definition) is 5. The molecule has 0 saturated heterocycles. The van der Waals surface area contributed by atoms with Crippen molar-refractivity contribution in [1.82, 2.24) is 0 Å². The van der Waals surface area contributed by atoms with E-state index in [1.807, 2.05) is 0 Å². The number of carbonyl (C=O) groups excluding carboxylic acids is 2. The molecule has 5 heteroatoms. The van der Waals surface area contributed by atoms with E-state index in [0.717, 1.165) is 83.5 Å². The lowest BCUT2D eigenvalue weighted by Gasteiger charge is -2.18. The van der Waals surface area contributed by atoms with Crippen molar-refractivity contribution in [3.8, 4) is 0 Å². The molecule has 54 heavy (non-hydrogen) atoms. The highest BCUT2D eigenvalue weighted by Gasteiger charge is 2.17. The van der Waals surface area contributed by atoms with Gasteiger partial charge in [-0.05, 0) is 83.5 Å². The molecule has 0 bridgehead atoms. The van der Waals surface area contributed by atoms with Gasteiger partial charge in [0, 0.05) is 19.4 Å². The Bertz CT molecular complexity index is 988. The Balaban J connectivity index is 4.12. The molecule has 5 nitrogen and oxygen atoms in total. The fourth-order valence-electron chi connectivity index (χ4n) is 5.90. The zero-order chi connectivity index (χ0) is 39.3. The van der Waals surface area contributed by atoms with Gasteiger partial charge in [-0.1, -0.05) is 177 Å².